The summed E-state index contributed by atoms with van der Waals surface area (Å²) in [5.74, 6) is 0. The van der Waals surface area contributed by atoms with Crippen LogP contribution in [0.1, 0.15) is 0 Å². The predicted octanol–water partition coefficient (Wildman–Crippen LogP) is 16.9. The van der Waals surface area contributed by atoms with E-state index in [4.69, 9.17) is 0 Å². The molecule has 0 aromatic heterocycles. The van der Waals surface area contributed by atoms with Gasteiger partial charge in [0.2, 0.25) is 0 Å². The molecule has 0 N–H and O–H groups in total. The highest BCUT2D eigenvalue weighted by Gasteiger charge is 2.09. The van der Waals surface area contributed by atoms with E-state index in [1.54, 1.807) is 0 Å². The third kappa shape index (κ3) is 6.01. The van der Waals surface area contributed by atoms with Crippen molar-refractivity contribution >= 4 is 64.6 Å². The van der Waals surface area contributed by atoms with Crippen molar-refractivity contribution < 1.29 is 0 Å². The van der Waals surface area contributed by atoms with Gasteiger partial charge in [-0.1, -0.05) is 194 Å². The fraction of sp³-hybridized carbons (Fsp3) is 0. The average molecular weight is 759 g/mol. The van der Waals surface area contributed by atoms with E-state index in [9.17, 15) is 0 Å². The molecule has 0 heterocycles. The molecule has 0 aliphatic rings. The van der Waals surface area contributed by atoms with E-state index in [0.29, 0.717) is 0 Å². The van der Waals surface area contributed by atoms with Crippen LogP contribution in [0.3, 0.4) is 0 Å². The van der Waals surface area contributed by atoms with Gasteiger partial charge in [0.05, 0.1) is 0 Å². The minimum atomic E-state index is 1.22. The zero-order valence-corrected chi connectivity index (χ0v) is 32.9. The van der Waals surface area contributed by atoms with Crippen LogP contribution in [0, 0.1) is 0 Å². The highest BCUT2D eigenvalue weighted by atomic mass is 14.1. The molecule has 0 nitrogen and oxygen atoms in total. The van der Waals surface area contributed by atoms with Gasteiger partial charge < -0.3 is 0 Å². The number of hydrogen-bond acceptors (Lipinski definition) is 0. The molecule has 0 aliphatic carbocycles. The molecule has 0 heteroatoms. The Morgan fingerprint density at radius 1 is 0.133 bits per heavy atom. The zero-order valence-electron chi connectivity index (χ0n) is 32.9. The van der Waals surface area contributed by atoms with E-state index in [1.807, 2.05) is 0 Å². The first-order chi connectivity index (χ1) is 29.7. The number of fused-ring (bicyclic) bond motifs is 8. The van der Waals surface area contributed by atoms with Gasteiger partial charge in [-0.3, -0.25) is 0 Å². The Hall–Kier alpha value is -7.80. The third-order valence-corrected chi connectivity index (χ3v) is 12.6. The number of hydrogen-bond donors (Lipinski definition) is 0. The largest absolute Gasteiger partial charge is 0.0616 e. The Balaban J connectivity index is 0.761. The lowest BCUT2D eigenvalue weighted by Crippen LogP contribution is -1.85. The van der Waals surface area contributed by atoms with Crippen molar-refractivity contribution in [3.8, 4) is 55.6 Å². The molecule has 12 aromatic carbocycles. The maximum absolute atomic E-state index is 2.32. The summed E-state index contributed by atoms with van der Waals surface area (Å²) >= 11 is 0. The maximum atomic E-state index is 2.32. The Morgan fingerprint density at radius 3 is 0.700 bits per heavy atom. The van der Waals surface area contributed by atoms with E-state index in [0.717, 1.165) is 0 Å². The van der Waals surface area contributed by atoms with Gasteiger partial charge in [0, 0.05) is 0 Å². The summed E-state index contributed by atoms with van der Waals surface area (Å²) in [5, 5.41) is 15.3. The standard InChI is InChI=1S/C60H38/c1-3-7-57-43(5-1)17-27-55-37-48(29-31-59(55)57)42-15-13-41(14-16-42)46-20-23-49-33-45(19-22-50(49)34-46)39-9-11-40(12-10-39)47-21-24-52-36-53(26-25-51(52)35-47)54-30-32-60-56(38-54)28-18-44-6-2-4-8-58(44)60/h1-38H. The molecular formula is C60H38. The van der Waals surface area contributed by atoms with Crippen molar-refractivity contribution in [2.45, 2.75) is 0 Å². The predicted molar refractivity (Wildman–Crippen MR) is 259 cm³/mol. The Morgan fingerprint density at radius 2 is 0.350 bits per heavy atom. The molecule has 0 spiro atoms. The first-order valence-electron chi connectivity index (χ1n) is 20.8. The summed E-state index contributed by atoms with van der Waals surface area (Å²) < 4.78 is 0. The van der Waals surface area contributed by atoms with Crippen LogP contribution in [0.5, 0.6) is 0 Å². The Labute approximate surface area is 349 Å². The third-order valence-electron chi connectivity index (χ3n) is 12.6. The summed E-state index contributed by atoms with van der Waals surface area (Å²) in [6.07, 6.45) is 0. The summed E-state index contributed by atoms with van der Waals surface area (Å²) in [6.45, 7) is 0. The SMILES string of the molecule is c1ccc2c(c1)ccc1cc(-c3ccc(-c4ccc5cc(-c6ccc(-c7ccc8cc(-c9ccc%10c(ccc%11ccccc%11%10)c9)ccc8c7)cc6)ccc5c4)cc3)ccc12. The lowest BCUT2D eigenvalue weighted by atomic mass is 9.94. The Bertz CT molecular complexity index is 3630. The second-order valence-corrected chi connectivity index (χ2v) is 16.2. The van der Waals surface area contributed by atoms with Gasteiger partial charge in [0.25, 0.3) is 0 Å². The highest BCUT2D eigenvalue weighted by molar-refractivity contribution is 6.09. The molecule has 0 bridgehead atoms. The number of benzene rings is 12. The van der Waals surface area contributed by atoms with Crippen LogP contribution in [0.4, 0.5) is 0 Å². The van der Waals surface area contributed by atoms with Crippen LogP contribution in [-0.2, 0) is 0 Å². The van der Waals surface area contributed by atoms with Crippen molar-refractivity contribution in [2.24, 2.45) is 0 Å². The van der Waals surface area contributed by atoms with Crippen LogP contribution in [-0.4, -0.2) is 0 Å². The molecule has 12 rings (SSSR count). The quantitative estimate of drug-likeness (QED) is 0.153. The molecular weight excluding hydrogens is 721 g/mol. The second-order valence-electron chi connectivity index (χ2n) is 16.2. The summed E-state index contributed by atoms with van der Waals surface area (Å²) in [6, 6.07) is 85.1. The minimum absolute atomic E-state index is 1.22. The van der Waals surface area contributed by atoms with Crippen LogP contribution < -0.4 is 0 Å². The molecule has 0 saturated heterocycles. The second kappa shape index (κ2) is 13.9. The topological polar surface area (TPSA) is 0 Å². The average Bonchev–Trinajstić information content (AvgIpc) is 3.33. The maximum Gasteiger partial charge on any atom is -0.0105 e. The first-order valence-corrected chi connectivity index (χ1v) is 20.8. The molecule has 278 valence electrons. The fourth-order valence-electron chi connectivity index (χ4n) is 9.31. The summed E-state index contributed by atoms with van der Waals surface area (Å²) in [4.78, 5) is 0. The van der Waals surface area contributed by atoms with Crippen molar-refractivity contribution in [1.29, 1.82) is 0 Å². The van der Waals surface area contributed by atoms with Gasteiger partial charge in [-0.05, 0) is 157 Å². The van der Waals surface area contributed by atoms with Crippen molar-refractivity contribution in [1.82, 2.24) is 0 Å². The van der Waals surface area contributed by atoms with Gasteiger partial charge in [-0.2, -0.15) is 0 Å². The molecule has 60 heavy (non-hydrogen) atoms. The lowest BCUT2D eigenvalue weighted by Gasteiger charge is -2.10. The smallest absolute Gasteiger partial charge is 0.0105 e. The van der Waals surface area contributed by atoms with E-state index in [-0.39, 0.29) is 0 Å². The van der Waals surface area contributed by atoms with E-state index in [2.05, 4.69) is 231 Å². The molecule has 0 unspecified atom stereocenters. The van der Waals surface area contributed by atoms with E-state index >= 15 is 0 Å². The normalized spacial score (nSPS) is 11.7. The van der Waals surface area contributed by atoms with Gasteiger partial charge >= 0.3 is 0 Å². The summed E-state index contributed by atoms with van der Waals surface area (Å²) in [7, 11) is 0. The summed E-state index contributed by atoms with van der Waals surface area (Å²) in [5.41, 5.74) is 12.3. The van der Waals surface area contributed by atoms with Gasteiger partial charge in [-0.25, -0.2) is 0 Å². The van der Waals surface area contributed by atoms with Crippen LogP contribution in [0.25, 0.3) is 120 Å². The van der Waals surface area contributed by atoms with Crippen molar-refractivity contribution in [3.63, 3.8) is 0 Å². The molecule has 0 amide bonds. The fourth-order valence-corrected chi connectivity index (χ4v) is 9.31. The molecule has 0 fully saturated rings. The first kappa shape index (κ1) is 34.3. The van der Waals surface area contributed by atoms with Crippen molar-refractivity contribution in [3.05, 3.63) is 231 Å². The van der Waals surface area contributed by atoms with Gasteiger partial charge in [0.15, 0.2) is 0 Å². The molecule has 0 atom stereocenters. The molecule has 0 radical (unpaired) electrons. The van der Waals surface area contributed by atoms with Crippen LogP contribution >= 0.6 is 0 Å². The lowest BCUT2D eigenvalue weighted by molar-refractivity contribution is 1.60. The zero-order chi connectivity index (χ0) is 39.6. The molecule has 0 saturated carbocycles. The van der Waals surface area contributed by atoms with E-state index in [1.165, 1.54) is 120 Å². The number of rotatable bonds is 5. The van der Waals surface area contributed by atoms with Gasteiger partial charge in [-0.15, -0.1) is 0 Å². The van der Waals surface area contributed by atoms with Crippen LogP contribution in [0.2, 0.25) is 0 Å². The van der Waals surface area contributed by atoms with Crippen LogP contribution in [0.15, 0.2) is 231 Å². The highest BCUT2D eigenvalue weighted by Crippen LogP contribution is 2.36. The monoisotopic (exact) mass is 758 g/mol. The van der Waals surface area contributed by atoms with Crippen molar-refractivity contribution in [2.75, 3.05) is 0 Å². The Kier molecular flexibility index (Phi) is 7.96. The van der Waals surface area contributed by atoms with E-state index < -0.39 is 0 Å². The minimum Gasteiger partial charge on any atom is -0.0616 e. The molecule has 12 aromatic rings. The molecule has 0 aliphatic heterocycles. The van der Waals surface area contributed by atoms with Gasteiger partial charge in [0.1, 0.15) is 0 Å².